The number of aliphatic hydroxyl groups excluding tert-OH is 1. The molecular weight excluding hydrogens is 322 g/mol. The van der Waals surface area contributed by atoms with Crippen LogP contribution in [0.1, 0.15) is 5.56 Å². The van der Waals surface area contributed by atoms with Gasteiger partial charge in [0.1, 0.15) is 4.47 Å². The molecule has 106 valence electrons. The normalized spacial score (nSPS) is 12.2. The van der Waals surface area contributed by atoms with Crippen LogP contribution in [0.5, 0.6) is 0 Å². The van der Waals surface area contributed by atoms with E-state index in [4.69, 9.17) is 0 Å². The maximum absolute atomic E-state index is 11.7. The third-order valence-electron chi connectivity index (χ3n) is 2.92. The monoisotopic (exact) mass is 337 g/mol. The van der Waals surface area contributed by atoms with Gasteiger partial charge in [-0.15, -0.1) is 0 Å². The summed E-state index contributed by atoms with van der Waals surface area (Å²) < 4.78 is 1.66. The Kier molecular flexibility index (Phi) is 4.92. The van der Waals surface area contributed by atoms with Gasteiger partial charge < -0.3 is 10.4 Å². The van der Waals surface area contributed by atoms with Crippen LogP contribution in [-0.4, -0.2) is 27.5 Å². The second-order valence-corrected chi connectivity index (χ2v) is 5.32. The first kappa shape index (κ1) is 14.7. The molecule has 1 heterocycles. The zero-order valence-corrected chi connectivity index (χ0v) is 12.7. The molecule has 1 atom stereocenters. The van der Waals surface area contributed by atoms with Gasteiger partial charge in [-0.25, -0.2) is 4.68 Å². The van der Waals surface area contributed by atoms with Crippen LogP contribution in [0.4, 0.5) is 5.69 Å². The predicted octanol–water partition coefficient (Wildman–Crippen LogP) is 1.56. The van der Waals surface area contributed by atoms with Gasteiger partial charge in [-0.1, -0.05) is 30.3 Å². The number of halogens is 1. The minimum absolute atomic E-state index is 0.215. The Balaban J connectivity index is 1.95. The number of nitrogens with one attached hydrogen (secondary N) is 1. The summed E-state index contributed by atoms with van der Waals surface area (Å²) in [4.78, 5) is 11.7. The second-order valence-electron chi connectivity index (χ2n) is 4.53. The molecule has 2 aromatic rings. The van der Waals surface area contributed by atoms with Crippen LogP contribution in [0.25, 0.3) is 0 Å². The van der Waals surface area contributed by atoms with Crippen LogP contribution in [0.3, 0.4) is 0 Å². The molecule has 0 spiro atoms. The summed E-state index contributed by atoms with van der Waals surface area (Å²) in [5.74, 6) is 0. The van der Waals surface area contributed by atoms with E-state index in [9.17, 15) is 9.90 Å². The molecule has 0 radical (unpaired) electrons. The van der Waals surface area contributed by atoms with Gasteiger partial charge in [-0.05, 0) is 21.5 Å². The highest BCUT2D eigenvalue weighted by Gasteiger charge is 2.09. The molecule has 0 unspecified atom stereocenters. The summed E-state index contributed by atoms with van der Waals surface area (Å²) >= 11 is 3.23. The van der Waals surface area contributed by atoms with Crippen molar-refractivity contribution in [2.45, 2.75) is 12.5 Å². The smallest absolute Gasteiger partial charge is 0.282 e. The van der Waals surface area contributed by atoms with Gasteiger partial charge >= 0.3 is 0 Å². The van der Waals surface area contributed by atoms with E-state index in [0.717, 1.165) is 5.56 Å². The van der Waals surface area contributed by atoms with Gasteiger partial charge in [0.05, 0.1) is 18.0 Å². The van der Waals surface area contributed by atoms with E-state index in [1.54, 1.807) is 13.2 Å². The molecule has 0 aliphatic rings. The Hall–Kier alpha value is -1.66. The number of aliphatic hydroxyl groups is 1. The third kappa shape index (κ3) is 3.68. The molecule has 0 amide bonds. The molecule has 0 bridgehead atoms. The van der Waals surface area contributed by atoms with Crippen molar-refractivity contribution < 1.29 is 5.11 Å². The standard InChI is InChI=1S/C14H16BrN3O2/c1-18-14(20)13(15)12(9-17-18)16-8-11(19)7-10-5-3-2-4-6-10/h2-6,9,11,16,19H,7-8H2,1H3/t11-/m0/s1. The average molecular weight is 338 g/mol. The summed E-state index contributed by atoms with van der Waals surface area (Å²) in [6.45, 7) is 0.350. The van der Waals surface area contributed by atoms with Crippen LogP contribution in [0.15, 0.2) is 45.8 Å². The van der Waals surface area contributed by atoms with Crippen LogP contribution in [0, 0.1) is 0 Å². The predicted molar refractivity (Wildman–Crippen MR) is 81.8 cm³/mol. The van der Waals surface area contributed by atoms with E-state index >= 15 is 0 Å². The van der Waals surface area contributed by atoms with Crippen LogP contribution in [0.2, 0.25) is 0 Å². The average Bonchev–Trinajstić information content (AvgIpc) is 2.45. The number of aryl methyl sites for hydroxylation is 1. The Bertz CT molecular complexity index is 628. The number of hydrogen-bond acceptors (Lipinski definition) is 4. The van der Waals surface area contributed by atoms with Crippen molar-refractivity contribution in [3.8, 4) is 0 Å². The molecule has 2 N–H and O–H groups in total. The molecule has 0 aliphatic heterocycles. The fourth-order valence-electron chi connectivity index (χ4n) is 1.82. The van der Waals surface area contributed by atoms with Crippen molar-refractivity contribution in [3.63, 3.8) is 0 Å². The first-order valence-electron chi connectivity index (χ1n) is 6.25. The van der Waals surface area contributed by atoms with Crippen molar-refractivity contribution in [1.82, 2.24) is 9.78 Å². The number of aromatic nitrogens is 2. The molecule has 1 aromatic carbocycles. The van der Waals surface area contributed by atoms with Gasteiger partial charge in [-0.3, -0.25) is 4.79 Å². The molecule has 1 aromatic heterocycles. The first-order chi connectivity index (χ1) is 9.58. The highest BCUT2D eigenvalue weighted by atomic mass is 79.9. The Labute approximate surface area is 125 Å². The minimum Gasteiger partial charge on any atom is -0.391 e. The summed E-state index contributed by atoms with van der Waals surface area (Å²) in [6.07, 6.45) is 1.58. The van der Waals surface area contributed by atoms with Gasteiger partial charge in [0, 0.05) is 20.0 Å². The lowest BCUT2D eigenvalue weighted by atomic mass is 10.1. The topological polar surface area (TPSA) is 67.2 Å². The molecular formula is C14H16BrN3O2. The minimum atomic E-state index is -0.534. The fraction of sp³-hybridized carbons (Fsp3) is 0.286. The Morgan fingerprint density at radius 3 is 2.80 bits per heavy atom. The van der Waals surface area contributed by atoms with Gasteiger partial charge in [-0.2, -0.15) is 5.10 Å². The first-order valence-corrected chi connectivity index (χ1v) is 7.05. The van der Waals surface area contributed by atoms with Crippen LogP contribution in [-0.2, 0) is 13.5 Å². The maximum atomic E-state index is 11.7. The quantitative estimate of drug-likeness (QED) is 0.868. The van der Waals surface area contributed by atoms with Crippen molar-refractivity contribution in [3.05, 3.63) is 56.9 Å². The second kappa shape index (κ2) is 6.67. The zero-order valence-electron chi connectivity index (χ0n) is 11.1. The van der Waals surface area contributed by atoms with E-state index in [0.29, 0.717) is 23.1 Å². The largest absolute Gasteiger partial charge is 0.391 e. The van der Waals surface area contributed by atoms with Crippen molar-refractivity contribution in [1.29, 1.82) is 0 Å². The van der Waals surface area contributed by atoms with E-state index in [1.807, 2.05) is 30.3 Å². The molecule has 6 heteroatoms. The number of hydrogen-bond donors (Lipinski definition) is 2. The van der Waals surface area contributed by atoms with Crippen molar-refractivity contribution in [2.75, 3.05) is 11.9 Å². The maximum Gasteiger partial charge on any atom is 0.282 e. The number of anilines is 1. The van der Waals surface area contributed by atoms with E-state index in [2.05, 4.69) is 26.3 Å². The lowest BCUT2D eigenvalue weighted by molar-refractivity contribution is 0.188. The SMILES string of the molecule is Cn1ncc(NC[C@@H](O)Cc2ccccc2)c(Br)c1=O. The Morgan fingerprint density at radius 1 is 1.40 bits per heavy atom. The van der Waals surface area contributed by atoms with E-state index in [1.165, 1.54) is 4.68 Å². The summed E-state index contributed by atoms with van der Waals surface area (Å²) in [5.41, 5.74) is 1.44. The highest BCUT2D eigenvalue weighted by Crippen LogP contribution is 2.16. The lowest BCUT2D eigenvalue weighted by Crippen LogP contribution is -2.25. The molecule has 2 rings (SSSR count). The van der Waals surface area contributed by atoms with Crippen molar-refractivity contribution >= 4 is 21.6 Å². The van der Waals surface area contributed by atoms with Crippen LogP contribution < -0.4 is 10.9 Å². The molecule has 0 fully saturated rings. The fourth-order valence-corrected chi connectivity index (χ4v) is 2.32. The number of nitrogens with zero attached hydrogens (tertiary/aromatic N) is 2. The molecule has 5 nitrogen and oxygen atoms in total. The lowest BCUT2D eigenvalue weighted by Gasteiger charge is -2.13. The summed E-state index contributed by atoms with van der Waals surface area (Å²) in [6, 6.07) is 9.77. The van der Waals surface area contributed by atoms with E-state index in [-0.39, 0.29) is 5.56 Å². The zero-order chi connectivity index (χ0) is 14.5. The molecule has 0 saturated heterocycles. The highest BCUT2D eigenvalue weighted by molar-refractivity contribution is 9.10. The van der Waals surface area contributed by atoms with Gasteiger partial charge in [0.15, 0.2) is 0 Å². The summed E-state index contributed by atoms with van der Waals surface area (Å²) in [7, 11) is 1.58. The third-order valence-corrected chi connectivity index (χ3v) is 3.69. The van der Waals surface area contributed by atoms with Crippen molar-refractivity contribution in [2.24, 2.45) is 7.05 Å². The van der Waals surface area contributed by atoms with Crippen LogP contribution >= 0.6 is 15.9 Å². The number of benzene rings is 1. The molecule has 0 aliphatic carbocycles. The van der Waals surface area contributed by atoms with Gasteiger partial charge in [0.2, 0.25) is 0 Å². The Morgan fingerprint density at radius 2 is 2.10 bits per heavy atom. The van der Waals surface area contributed by atoms with E-state index < -0.39 is 6.10 Å². The molecule has 20 heavy (non-hydrogen) atoms. The van der Waals surface area contributed by atoms with Gasteiger partial charge in [0.25, 0.3) is 5.56 Å². The number of rotatable bonds is 5. The summed E-state index contributed by atoms with van der Waals surface area (Å²) in [5, 5.41) is 17.0. The molecule has 0 saturated carbocycles.